The molecule has 0 radical (unpaired) electrons. The SMILES string of the molecule is CCCCCCCCCCCCCCCCCCNC(=O)C1(C)CCc2c(C)c(O)c(C)c(C)c2O1. The van der Waals surface area contributed by atoms with Crippen molar-refractivity contribution in [2.24, 2.45) is 0 Å². The molecule has 1 aromatic rings. The molecule has 0 aliphatic carbocycles. The minimum atomic E-state index is -0.845. The highest BCUT2D eigenvalue weighted by Crippen LogP contribution is 2.43. The Morgan fingerprint density at radius 2 is 1.25 bits per heavy atom. The van der Waals surface area contributed by atoms with Gasteiger partial charge >= 0.3 is 0 Å². The lowest BCUT2D eigenvalue weighted by Crippen LogP contribution is -2.51. The highest BCUT2D eigenvalue weighted by molar-refractivity contribution is 5.85. The maximum Gasteiger partial charge on any atom is 0.263 e. The first-order chi connectivity index (χ1) is 17.3. The van der Waals surface area contributed by atoms with Crippen molar-refractivity contribution in [2.45, 2.75) is 156 Å². The summed E-state index contributed by atoms with van der Waals surface area (Å²) in [5.74, 6) is 1.12. The molecule has 0 saturated carbocycles. The van der Waals surface area contributed by atoms with Crippen LogP contribution in [-0.4, -0.2) is 23.2 Å². The zero-order valence-electron chi connectivity index (χ0n) is 24.2. The van der Waals surface area contributed by atoms with E-state index in [-0.39, 0.29) is 5.91 Å². The number of carbonyl (C=O) groups excluding carboxylic acids is 1. The second kappa shape index (κ2) is 16.2. The van der Waals surface area contributed by atoms with Crippen molar-refractivity contribution in [1.82, 2.24) is 5.32 Å². The third-order valence-electron chi connectivity index (χ3n) is 8.32. The molecule has 4 heteroatoms. The number of fused-ring (bicyclic) bond motifs is 1. The van der Waals surface area contributed by atoms with Gasteiger partial charge in [-0.05, 0) is 57.2 Å². The molecule has 0 aromatic heterocycles. The summed E-state index contributed by atoms with van der Waals surface area (Å²) in [4.78, 5) is 13.0. The number of ether oxygens (including phenoxy) is 1. The van der Waals surface area contributed by atoms with Crippen LogP contribution in [0.25, 0.3) is 0 Å². The van der Waals surface area contributed by atoms with Gasteiger partial charge in [-0.1, -0.05) is 103 Å². The van der Waals surface area contributed by atoms with Gasteiger partial charge in [0.25, 0.3) is 5.91 Å². The van der Waals surface area contributed by atoms with Crippen molar-refractivity contribution in [3.63, 3.8) is 0 Å². The molecule has 1 aromatic carbocycles. The van der Waals surface area contributed by atoms with E-state index >= 15 is 0 Å². The Bertz CT molecular complexity index is 803. The molecular formula is C32H55NO3. The molecule has 0 bridgehead atoms. The van der Waals surface area contributed by atoms with E-state index in [9.17, 15) is 9.90 Å². The lowest BCUT2D eigenvalue weighted by molar-refractivity contribution is -0.136. The number of hydrogen-bond donors (Lipinski definition) is 2. The van der Waals surface area contributed by atoms with Gasteiger partial charge < -0.3 is 15.2 Å². The molecule has 1 unspecified atom stereocenters. The summed E-state index contributed by atoms with van der Waals surface area (Å²) >= 11 is 0. The van der Waals surface area contributed by atoms with E-state index in [1.807, 2.05) is 27.7 Å². The van der Waals surface area contributed by atoms with Crippen molar-refractivity contribution < 1.29 is 14.6 Å². The van der Waals surface area contributed by atoms with Gasteiger partial charge in [-0.3, -0.25) is 4.79 Å². The van der Waals surface area contributed by atoms with Crippen LogP contribution in [0.2, 0.25) is 0 Å². The Morgan fingerprint density at radius 3 is 1.75 bits per heavy atom. The minimum Gasteiger partial charge on any atom is -0.507 e. The molecule has 4 nitrogen and oxygen atoms in total. The van der Waals surface area contributed by atoms with E-state index in [1.54, 1.807) is 0 Å². The first kappa shape index (κ1) is 30.5. The Hall–Kier alpha value is -1.71. The number of carbonyl (C=O) groups is 1. The fourth-order valence-corrected chi connectivity index (χ4v) is 5.47. The fraction of sp³-hybridized carbons (Fsp3) is 0.781. The largest absolute Gasteiger partial charge is 0.507 e. The summed E-state index contributed by atoms with van der Waals surface area (Å²) in [6.07, 6.45) is 23.0. The number of hydrogen-bond acceptors (Lipinski definition) is 3. The average Bonchev–Trinajstić information content (AvgIpc) is 2.87. The predicted molar refractivity (Wildman–Crippen MR) is 152 cm³/mol. The summed E-state index contributed by atoms with van der Waals surface area (Å²) in [6, 6.07) is 0. The number of unbranched alkanes of at least 4 members (excludes halogenated alkanes) is 15. The van der Waals surface area contributed by atoms with Crippen molar-refractivity contribution in [3.05, 3.63) is 22.3 Å². The van der Waals surface area contributed by atoms with Gasteiger partial charge in [0.2, 0.25) is 0 Å². The van der Waals surface area contributed by atoms with Crippen LogP contribution in [0.15, 0.2) is 0 Å². The molecule has 36 heavy (non-hydrogen) atoms. The number of phenolic OH excluding ortho intramolecular Hbond substituents is 1. The standard InChI is InChI=1S/C32H55NO3/c1-6-7-8-9-10-11-12-13-14-15-16-17-18-19-20-21-24-33-31(35)32(5)23-22-28-27(4)29(34)25(2)26(3)30(28)36-32/h34H,6-24H2,1-5H3,(H,33,35). The second-order valence-corrected chi connectivity index (χ2v) is 11.4. The molecule has 206 valence electrons. The van der Waals surface area contributed by atoms with E-state index in [2.05, 4.69) is 12.2 Å². The summed E-state index contributed by atoms with van der Waals surface area (Å²) in [6.45, 7) is 10.7. The molecule has 0 fully saturated rings. The number of benzene rings is 1. The molecule has 0 spiro atoms. The number of nitrogens with one attached hydrogen (secondary N) is 1. The molecule has 1 aliphatic heterocycles. The van der Waals surface area contributed by atoms with E-state index in [1.165, 1.54) is 96.3 Å². The van der Waals surface area contributed by atoms with E-state index in [0.29, 0.717) is 12.2 Å². The molecule has 2 rings (SSSR count). The van der Waals surface area contributed by atoms with Gasteiger partial charge in [0, 0.05) is 18.5 Å². The van der Waals surface area contributed by atoms with Gasteiger partial charge in [0.1, 0.15) is 11.5 Å². The maximum atomic E-state index is 13.0. The molecule has 2 N–H and O–H groups in total. The molecule has 1 amide bonds. The van der Waals surface area contributed by atoms with Crippen LogP contribution in [0.1, 0.15) is 145 Å². The van der Waals surface area contributed by atoms with Crippen molar-refractivity contribution >= 4 is 5.91 Å². The number of amides is 1. The monoisotopic (exact) mass is 501 g/mol. The summed E-state index contributed by atoms with van der Waals surface area (Å²) in [7, 11) is 0. The Kier molecular flexibility index (Phi) is 13.7. The van der Waals surface area contributed by atoms with Crippen LogP contribution in [-0.2, 0) is 11.2 Å². The molecular weight excluding hydrogens is 446 g/mol. The highest BCUT2D eigenvalue weighted by Gasteiger charge is 2.40. The number of rotatable bonds is 18. The van der Waals surface area contributed by atoms with Gasteiger partial charge in [-0.2, -0.15) is 0 Å². The zero-order chi connectivity index (χ0) is 26.4. The quantitative estimate of drug-likeness (QED) is 0.198. The average molecular weight is 502 g/mol. The highest BCUT2D eigenvalue weighted by atomic mass is 16.5. The van der Waals surface area contributed by atoms with E-state index in [0.717, 1.165) is 47.4 Å². The molecule has 1 aliphatic rings. The van der Waals surface area contributed by atoms with Crippen LogP contribution in [0.5, 0.6) is 11.5 Å². The zero-order valence-corrected chi connectivity index (χ0v) is 24.2. The van der Waals surface area contributed by atoms with E-state index in [4.69, 9.17) is 4.74 Å². The normalized spacial score (nSPS) is 17.0. The Balaban J connectivity index is 1.51. The van der Waals surface area contributed by atoms with Crippen molar-refractivity contribution in [1.29, 1.82) is 0 Å². The maximum absolute atomic E-state index is 13.0. The molecule has 0 saturated heterocycles. The van der Waals surface area contributed by atoms with Gasteiger partial charge in [0.15, 0.2) is 5.60 Å². The smallest absolute Gasteiger partial charge is 0.263 e. The predicted octanol–water partition coefficient (Wildman–Crippen LogP) is 8.78. The molecule has 1 heterocycles. The number of phenols is 1. The van der Waals surface area contributed by atoms with Crippen LogP contribution in [0.3, 0.4) is 0 Å². The minimum absolute atomic E-state index is 0.0168. The van der Waals surface area contributed by atoms with Gasteiger partial charge in [0.05, 0.1) is 0 Å². The van der Waals surface area contributed by atoms with Crippen molar-refractivity contribution in [2.75, 3.05) is 6.54 Å². The second-order valence-electron chi connectivity index (χ2n) is 11.4. The Labute approximate surface area is 222 Å². The lowest BCUT2D eigenvalue weighted by atomic mass is 9.86. The summed E-state index contributed by atoms with van der Waals surface area (Å²) in [5, 5.41) is 13.5. The van der Waals surface area contributed by atoms with Crippen LogP contribution < -0.4 is 10.1 Å². The first-order valence-corrected chi connectivity index (χ1v) is 15.1. The summed E-state index contributed by atoms with van der Waals surface area (Å²) < 4.78 is 6.29. The van der Waals surface area contributed by atoms with E-state index < -0.39 is 5.60 Å². The lowest BCUT2D eigenvalue weighted by Gasteiger charge is -2.36. The fourth-order valence-electron chi connectivity index (χ4n) is 5.47. The van der Waals surface area contributed by atoms with Gasteiger partial charge in [-0.25, -0.2) is 0 Å². The van der Waals surface area contributed by atoms with Crippen LogP contribution in [0, 0.1) is 20.8 Å². The van der Waals surface area contributed by atoms with Crippen LogP contribution in [0.4, 0.5) is 0 Å². The summed E-state index contributed by atoms with van der Waals surface area (Å²) in [5.41, 5.74) is 2.85. The topological polar surface area (TPSA) is 58.6 Å². The first-order valence-electron chi connectivity index (χ1n) is 15.1. The van der Waals surface area contributed by atoms with Crippen molar-refractivity contribution in [3.8, 4) is 11.5 Å². The third kappa shape index (κ3) is 9.30. The number of aromatic hydroxyl groups is 1. The van der Waals surface area contributed by atoms with Gasteiger partial charge in [-0.15, -0.1) is 0 Å². The molecule has 1 atom stereocenters. The third-order valence-corrected chi connectivity index (χ3v) is 8.32. The van der Waals surface area contributed by atoms with Crippen LogP contribution >= 0.6 is 0 Å². The Morgan fingerprint density at radius 1 is 0.778 bits per heavy atom.